The van der Waals surface area contributed by atoms with Gasteiger partial charge >= 0.3 is 0 Å². The van der Waals surface area contributed by atoms with Gasteiger partial charge in [-0.3, -0.25) is 0 Å². The van der Waals surface area contributed by atoms with Gasteiger partial charge in [-0.25, -0.2) is 0 Å². The van der Waals surface area contributed by atoms with Crippen LogP contribution in [0.5, 0.6) is 5.75 Å². The minimum absolute atomic E-state index is 0.0367. The number of halogens is 1. The third-order valence-electron chi connectivity index (χ3n) is 3.88. The average molecular weight is 326 g/mol. The molecular formula is C15H20BrNO2. The lowest BCUT2D eigenvalue weighted by molar-refractivity contribution is 0.0603. The van der Waals surface area contributed by atoms with Crippen molar-refractivity contribution >= 4 is 15.9 Å². The van der Waals surface area contributed by atoms with Crippen molar-refractivity contribution in [2.24, 2.45) is 0 Å². The highest BCUT2D eigenvalue weighted by atomic mass is 79.9. The molecule has 3 nitrogen and oxygen atoms in total. The molecule has 0 aliphatic heterocycles. The monoisotopic (exact) mass is 325 g/mol. The topological polar surface area (TPSA) is 41.5 Å². The minimum atomic E-state index is -0.309. The van der Waals surface area contributed by atoms with Crippen LogP contribution in [0.4, 0.5) is 0 Å². The van der Waals surface area contributed by atoms with Crippen molar-refractivity contribution in [1.82, 2.24) is 5.32 Å². The van der Waals surface area contributed by atoms with Crippen molar-refractivity contribution in [1.29, 1.82) is 0 Å². The van der Waals surface area contributed by atoms with Gasteiger partial charge in [-0.15, -0.1) is 0 Å². The third-order valence-corrected chi connectivity index (χ3v) is 4.65. The van der Waals surface area contributed by atoms with Gasteiger partial charge < -0.3 is 15.2 Å². The van der Waals surface area contributed by atoms with Crippen LogP contribution in [0.1, 0.15) is 37.7 Å². The molecule has 19 heavy (non-hydrogen) atoms. The number of aliphatic hydroxyl groups excluding tert-OH is 1. The molecule has 2 unspecified atom stereocenters. The van der Waals surface area contributed by atoms with Gasteiger partial charge in [0, 0.05) is 17.1 Å². The molecule has 0 amide bonds. The molecule has 2 N–H and O–H groups in total. The predicted molar refractivity (Wildman–Crippen MR) is 78.3 cm³/mol. The fourth-order valence-electron chi connectivity index (χ4n) is 2.52. The Bertz CT molecular complexity index is 448. The Morgan fingerprint density at radius 2 is 2.11 bits per heavy atom. The summed E-state index contributed by atoms with van der Waals surface area (Å²) in [6.07, 6.45) is 5.11. The zero-order valence-corrected chi connectivity index (χ0v) is 12.5. The van der Waals surface area contributed by atoms with Gasteiger partial charge in [0.25, 0.3) is 0 Å². The molecule has 0 saturated heterocycles. The molecule has 1 aromatic rings. The molecule has 2 aliphatic carbocycles. The number of hydrogen-bond donors (Lipinski definition) is 2. The van der Waals surface area contributed by atoms with E-state index in [1.165, 1.54) is 18.4 Å². The van der Waals surface area contributed by atoms with E-state index in [-0.39, 0.29) is 12.2 Å². The summed E-state index contributed by atoms with van der Waals surface area (Å²) in [4.78, 5) is 0. The standard InChI is InChI=1S/C15H20BrNO2/c16-13-7-6-12(19-15-3-1-2-14(15)18)8-10(13)9-17-11-4-5-11/h6-8,11,14-15,17-18H,1-5,9H2. The van der Waals surface area contributed by atoms with E-state index >= 15 is 0 Å². The summed E-state index contributed by atoms with van der Waals surface area (Å²) in [5.74, 6) is 0.863. The smallest absolute Gasteiger partial charge is 0.124 e. The van der Waals surface area contributed by atoms with E-state index in [0.29, 0.717) is 6.04 Å². The highest BCUT2D eigenvalue weighted by molar-refractivity contribution is 9.10. The molecule has 2 saturated carbocycles. The van der Waals surface area contributed by atoms with Crippen molar-refractivity contribution < 1.29 is 9.84 Å². The summed E-state index contributed by atoms with van der Waals surface area (Å²) in [6, 6.07) is 6.77. The normalized spacial score (nSPS) is 26.6. The first-order chi connectivity index (χ1) is 9.22. The largest absolute Gasteiger partial charge is 0.488 e. The third kappa shape index (κ3) is 3.50. The maximum absolute atomic E-state index is 9.81. The number of nitrogens with one attached hydrogen (secondary N) is 1. The van der Waals surface area contributed by atoms with Gasteiger partial charge in [0.2, 0.25) is 0 Å². The second-order valence-corrected chi connectivity index (χ2v) is 6.42. The molecule has 0 radical (unpaired) electrons. The average Bonchev–Trinajstić information content (AvgIpc) is 3.14. The van der Waals surface area contributed by atoms with Crippen LogP contribution in [-0.2, 0) is 6.54 Å². The van der Waals surface area contributed by atoms with Crippen molar-refractivity contribution in [3.8, 4) is 5.75 Å². The Morgan fingerprint density at radius 1 is 1.26 bits per heavy atom. The van der Waals surface area contributed by atoms with Crippen LogP contribution in [0.15, 0.2) is 22.7 Å². The summed E-state index contributed by atoms with van der Waals surface area (Å²) in [5, 5.41) is 13.3. The fraction of sp³-hybridized carbons (Fsp3) is 0.600. The molecule has 0 bridgehead atoms. The molecule has 0 heterocycles. The van der Waals surface area contributed by atoms with Crippen LogP contribution in [0, 0.1) is 0 Å². The van der Waals surface area contributed by atoms with Crippen LogP contribution in [0.25, 0.3) is 0 Å². The summed E-state index contributed by atoms with van der Waals surface area (Å²) in [7, 11) is 0. The highest BCUT2D eigenvalue weighted by Gasteiger charge is 2.27. The van der Waals surface area contributed by atoms with Crippen LogP contribution in [0.2, 0.25) is 0 Å². The van der Waals surface area contributed by atoms with Crippen LogP contribution < -0.4 is 10.1 Å². The van der Waals surface area contributed by atoms with Crippen LogP contribution >= 0.6 is 15.9 Å². The molecule has 0 aromatic heterocycles. The molecule has 1 aromatic carbocycles. The second-order valence-electron chi connectivity index (χ2n) is 5.56. The fourth-order valence-corrected chi connectivity index (χ4v) is 2.91. The van der Waals surface area contributed by atoms with E-state index in [9.17, 15) is 5.11 Å². The lowest BCUT2D eigenvalue weighted by Crippen LogP contribution is -2.25. The maximum Gasteiger partial charge on any atom is 0.124 e. The quantitative estimate of drug-likeness (QED) is 0.874. The highest BCUT2D eigenvalue weighted by Crippen LogP contribution is 2.28. The molecule has 2 fully saturated rings. The van der Waals surface area contributed by atoms with Crippen molar-refractivity contribution in [3.63, 3.8) is 0 Å². The SMILES string of the molecule is OC1CCCC1Oc1ccc(Br)c(CNC2CC2)c1. The molecule has 3 rings (SSSR count). The van der Waals surface area contributed by atoms with Gasteiger partial charge in [-0.05, 0) is 55.9 Å². The van der Waals surface area contributed by atoms with E-state index in [4.69, 9.17) is 4.74 Å². The number of rotatable bonds is 5. The Hall–Kier alpha value is -0.580. The van der Waals surface area contributed by atoms with Crippen LogP contribution in [-0.4, -0.2) is 23.4 Å². The van der Waals surface area contributed by atoms with Gasteiger partial charge in [0.05, 0.1) is 6.10 Å². The maximum atomic E-state index is 9.81. The minimum Gasteiger partial charge on any atom is -0.488 e. The molecule has 2 aliphatic rings. The van der Waals surface area contributed by atoms with E-state index < -0.39 is 0 Å². The molecule has 4 heteroatoms. The Labute approximate surface area is 122 Å². The predicted octanol–water partition coefficient (Wildman–Crippen LogP) is 2.99. The van der Waals surface area contributed by atoms with Crippen molar-refractivity contribution in [2.75, 3.05) is 0 Å². The first kappa shape index (κ1) is 13.4. The molecular weight excluding hydrogens is 306 g/mol. The Morgan fingerprint density at radius 3 is 2.79 bits per heavy atom. The Balaban J connectivity index is 1.65. The van der Waals surface area contributed by atoms with Gasteiger partial charge in [-0.1, -0.05) is 15.9 Å². The molecule has 0 spiro atoms. The first-order valence-electron chi connectivity index (χ1n) is 7.09. The second kappa shape index (κ2) is 5.81. The zero-order chi connectivity index (χ0) is 13.2. The summed E-state index contributed by atoms with van der Waals surface area (Å²) < 4.78 is 7.02. The number of aliphatic hydroxyl groups is 1. The van der Waals surface area contributed by atoms with E-state index in [0.717, 1.165) is 36.0 Å². The van der Waals surface area contributed by atoms with E-state index in [1.807, 2.05) is 12.1 Å². The lowest BCUT2D eigenvalue weighted by atomic mass is 10.2. The number of hydrogen-bond acceptors (Lipinski definition) is 3. The molecule has 2 atom stereocenters. The van der Waals surface area contributed by atoms with Gasteiger partial charge in [-0.2, -0.15) is 0 Å². The van der Waals surface area contributed by atoms with E-state index in [1.54, 1.807) is 0 Å². The van der Waals surface area contributed by atoms with Crippen LogP contribution in [0.3, 0.4) is 0 Å². The lowest BCUT2D eigenvalue weighted by Gasteiger charge is -2.18. The Kier molecular flexibility index (Phi) is 4.10. The number of ether oxygens (including phenoxy) is 1. The first-order valence-corrected chi connectivity index (χ1v) is 7.88. The van der Waals surface area contributed by atoms with Crippen molar-refractivity contribution in [3.05, 3.63) is 28.2 Å². The van der Waals surface area contributed by atoms with E-state index in [2.05, 4.69) is 27.3 Å². The summed E-state index contributed by atoms with van der Waals surface area (Å²) >= 11 is 3.58. The zero-order valence-electron chi connectivity index (χ0n) is 10.9. The number of benzene rings is 1. The van der Waals surface area contributed by atoms with Gasteiger partial charge in [0.1, 0.15) is 11.9 Å². The van der Waals surface area contributed by atoms with Gasteiger partial charge in [0.15, 0.2) is 0 Å². The summed E-state index contributed by atoms with van der Waals surface area (Å²) in [6.45, 7) is 0.871. The summed E-state index contributed by atoms with van der Waals surface area (Å²) in [5.41, 5.74) is 1.22. The molecule has 104 valence electrons. The van der Waals surface area contributed by atoms with Crippen molar-refractivity contribution in [2.45, 2.75) is 56.9 Å².